The normalized spacial score (nSPS) is 10.2. The third-order valence-electron chi connectivity index (χ3n) is 2.10. The molecule has 2 rings (SSSR count). The Bertz CT molecular complexity index is 563. The molecule has 0 aliphatic carbocycles. The fourth-order valence-corrected chi connectivity index (χ4v) is 2.97. The number of methoxy groups -OCH3 is 1. The molecule has 1 aromatic heterocycles. The number of ether oxygens (including phenoxy) is 1. The fourth-order valence-electron chi connectivity index (χ4n) is 1.32. The number of aromatic nitrogens is 2. The number of rotatable bonds is 5. The van der Waals surface area contributed by atoms with E-state index in [1.807, 2.05) is 6.07 Å². The van der Waals surface area contributed by atoms with Gasteiger partial charge in [0.15, 0.2) is 4.34 Å². The number of carbonyl (C=O) groups is 1. The lowest BCUT2D eigenvalue weighted by Crippen LogP contribution is -2.14. The molecule has 0 radical (unpaired) electrons. The standard InChI is InChI=1S/C11H10BrN3O2S2/c1-17-9-3-2-7(12)4-8(9)14-10(16)5-18-11-15-13-6-19-11/h2-4,6H,5H2,1H3,(H,14,16). The van der Waals surface area contributed by atoms with Crippen molar-refractivity contribution in [2.24, 2.45) is 0 Å². The second-order valence-electron chi connectivity index (χ2n) is 3.39. The first-order chi connectivity index (χ1) is 9.19. The lowest BCUT2D eigenvalue weighted by atomic mass is 10.3. The number of nitrogens with zero attached hydrogens (tertiary/aromatic N) is 2. The Labute approximate surface area is 126 Å². The number of anilines is 1. The first-order valence-corrected chi connectivity index (χ1v) is 7.87. The van der Waals surface area contributed by atoms with Gasteiger partial charge in [0.2, 0.25) is 5.91 Å². The van der Waals surface area contributed by atoms with Gasteiger partial charge in [-0.3, -0.25) is 4.79 Å². The Balaban J connectivity index is 1.96. The van der Waals surface area contributed by atoms with Crippen LogP contribution in [0.2, 0.25) is 0 Å². The number of carbonyl (C=O) groups excluding carboxylic acids is 1. The van der Waals surface area contributed by atoms with E-state index in [9.17, 15) is 4.79 Å². The van der Waals surface area contributed by atoms with E-state index in [1.165, 1.54) is 23.1 Å². The summed E-state index contributed by atoms with van der Waals surface area (Å²) in [5.74, 6) is 0.791. The van der Waals surface area contributed by atoms with Crippen LogP contribution in [0.3, 0.4) is 0 Å². The van der Waals surface area contributed by atoms with Crippen molar-refractivity contribution >= 4 is 50.6 Å². The maximum Gasteiger partial charge on any atom is 0.234 e. The fraction of sp³-hybridized carbons (Fsp3) is 0.182. The van der Waals surface area contributed by atoms with Crippen molar-refractivity contribution in [3.05, 3.63) is 28.2 Å². The molecule has 0 bridgehead atoms. The van der Waals surface area contributed by atoms with Gasteiger partial charge in [-0.15, -0.1) is 10.2 Å². The molecule has 1 heterocycles. The van der Waals surface area contributed by atoms with Gasteiger partial charge in [-0.1, -0.05) is 39.0 Å². The Morgan fingerprint density at radius 2 is 2.42 bits per heavy atom. The maximum atomic E-state index is 11.8. The highest BCUT2D eigenvalue weighted by Gasteiger charge is 2.09. The van der Waals surface area contributed by atoms with Crippen molar-refractivity contribution in [1.29, 1.82) is 0 Å². The first kappa shape index (κ1) is 14.3. The topological polar surface area (TPSA) is 64.1 Å². The SMILES string of the molecule is COc1ccc(Br)cc1NC(=O)CSc1nncs1. The van der Waals surface area contributed by atoms with Crippen LogP contribution in [0.1, 0.15) is 0 Å². The molecule has 0 aliphatic rings. The summed E-state index contributed by atoms with van der Waals surface area (Å²) in [6.45, 7) is 0. The highest BCUT2D eigenvalue weighted by Crippen LogP contribution is 2.28. The van der Waals surface area contributed by atoms with E-state index in [0.29, 0.717) is 11.4 Å². The number of halogens is 1. The van der Waals surface area contributed by atoms with E-state index in [0.717, 1.165) is 8.81 Å². The summed E-state index contributed by atoms with van der Waals surface area (Å²) in [6, 6.07) is 5.44. The van der Waals surface area contributed by atoms with Crippen molar-refractivity contribution in [3.8, 4) is 5.75 Å². The molecule has 0 fully saturated rings. The molecule has 1 amide bonds. The number of amides is 1. The van der Waals surface area contributed by atoms with Gasteiger partial charge >= 0.3 is 0 Å². The Hall–Kier alpha value is -1.12. The lowest BCUT2D eigenvalue weighted by molar-refractivity contribution is -0.113. The highest BCUT2D eigenvalue weighted by atomic mass is 79.9. The summed E-state index contributed by atoms with van der Waals surface area (Å²) in [7, 11) is 1.56. The van der Waals surface area contributed by atoms with Gasteiger partial charge in [-0.05, 0) is 18.2 Å². The van der Waals surface area contributed by atoms with Crippen LogP contribution in [-0.4, -0.2) is 29.0 Å². The van der Waals surface area contributed by atoms with Crippen LogP contribution >= 0.6 is 39.0 Å². The molecule has 1 N–H and O–H groups in total. The van der Waals surface area contributed by atoms with Crippen molar-refractivity contribution in [3.63, 3.8) is 0 Å². The number of benzene rings is 1. The first-order valence-electron chi connectivity index (χ1n) is 5.21. The molecule has 8 heteroatoms. The molecule has 100 valence electrons. The van der Waals surface area contributed by atoms with Gasteiger partial charge < -0.3 is 10.1 Å². The van der Waals surface area contributed by atoms with Gasteiger partial charge in [0.25, 0.3) is 0 Å². The average molecular weight is 360 g/mol. The molecule has 0 saturated heterocycles. The van der Waals surface area contributed by atoms with Gasteiger partial charge in [0, 0.05) is 4.47 Å². The van der Waals surface area contributed by atoms with Crippen LogP contribution in [0.5, 0.6) is 5.75 Å². The third kappa shape index (κ3) is 4.19. The summed E-state index contributed by atoms with van der Waals surface area (Å²) in [5, 5.41) is 10.4. The summed E-state index contributed by atoms with van der Waals surface area (Å²) < 4.78 is 6.84. The average Bonchev–Trinajstić information content (AvgIpc) is 2.90. The quantitative estimate of drug-likeness (QED) is 0.831. The largest absolute Gasteiger partial charge is 0.495 e. The van der Waals surface area contributed by atoms with Gasteiger partial charge in [-0.25, -0.2) is 0 Å². The molecule has 2 aromatic rings. The van der Waals surface area contributed by atoms with Crippen LogP contribution < -0.4 is 10.1 Å². The van der Waals surface area contributed by atoms with Crippen LogP contribution in [-0.2, 0) is 4.79 Å². The van der Waals surface area contributed by atoms with E-state index in [4.69, 9.17) is 4.74 Å². The summed E-state index contributed by atoms with van der Waals surface area (Å²) in [4.78, 5) is 11.8. The van der Waals surface area contributed by atoms with Gasteiger partial charge in [0.05, 0.1) is 18.6 Å². The van der Waals surface area contributed by atoms with E-state index in [2.05, 4.69) is 31.4 Å². The predicted molar refractivity (Wildman–Crippen MR) is 80.0 cm³/mol. The Morgan fingerprint density at radius 3 is 3.11 bits per heavy atom. The molecule has 0 spiro atoms. The van der Waals surface area contributed by atoms with Gasteiger partial charge in [0.1, 0.15) is 11.3 Å². The summed E-state index contributed by atoms with van der Waals surface area (Å²) in [6.07, 6.45) is 0. The molecule has 1 aromatic carbocycles. The van der Waals surface area contributed by atoms with Crippen molar-refractivity contribution in [2.75, 3.05) is 18.2 Å². The maximum absolute atomic E-state index is 11.8. The Morgan fingerprint density at radius 1 is 1.58 bits per heavy atom. The number of hydrogen-bond donors (Lipinski definition) is 1. The van der Waals surface area contributed by atoms with Crippen LogP contribution in [0.25, 0.3) is 0 Å². The summed E-state index contributed by atoms with van der Waals surface area (Å²) >= 11 is 6.12. The molecular weight excluding hydrogens is 350 g/mol. The minimum Gasteiger partial charge on any atom is -0.495 e. The minimum absolute atomic E-state index is 0.114. The van der Waals surface area contributed by atoms with E-state index >= 15 is 0 Å². The monoisotopic (exact) mass is 359 g/mol. The second-order valence-corrected chi connectivity index (χ2v) is 6.36. The zero-order valence-corrected chi connectivity index (χ0v) is 13.1. The molecule has 5 nitrogen and oxygen atoms in total. The van der Waals surface area contributed by atoms with Crippen LogP contribution in [0.4, 0.5) is 5.69 Å². The van der Waals surface area contributed by atoms with Crippen molar-refractivity contribution in [2.45, 2.75) is 4.34 Å². The molecule has 0 saturated carbocycles. The van der Waals surface area contributed by atoms with Crippen LogP contribution in [0.15, 0.2) is 32.5 Å². The Kier molecular flexibility index (Phi) is 5.17. The zero-order chi connectivity index (χ0) is 13.7. The lowest BCUT2D eigenvalue weighted by Gasteiger charge is -2.10. The van der Waals surface area contributed by atoms with E-state index in [1.54, 1.807) is 24.8 Å². The third-order valence-corrected chi connectivity index (χ3v) is 4.46. The minimum atomic E-state index is -0.114. The number of nitrogens with one attached hydrogen (secondary N) is 1. The molecule has 0 atom stereocenters. The van der Waals surface area contributed by atoms with Crippen molar-refractivity contribution in [1.82, 2.24) is 10.2 Å². The molecule has 0 aliphatic heterocycles. The second kappa shape index (κ2) is 6.88. The predicted octanol–water partition coefficient (Wildman–Crippen LogP) is 3.04. The zero-order valence-electron chi connectivity index (χ0n) is 9.92. The summed E-state index contributed by atoms with van der Waals surface area (Å²) in [5.41, 5.74) is 2.28. The van der Waals surface area contributed by atoms with E-state index in [-0.39, 0.29) is 11.7 Å². The smallest absolute Gasteiger partial charge is 0.234 e. The number of hydrogen-bond acceptors (Lipinski definition) is 6. The molecule has 19 heavy (non-hydrogen) atoms. The van der Waals surface area contributed by atoms with Crippen LogP contribution in [0, 0.1) is 0 Å². The number of thioether (sulfide) groups is 1. The van der Waals surface area contributed by atoms with Gasteiger partial charge in [-0.2, -0.15) is 0 Å². The highest BCUT2D eigenvalue weighted by molar-refractivity contribution is 9.10. The molecule has 0 unspecified atom stereocenters. The van der Waals surface area contributed by atoms with E-state index < -0.39 is 0 Å². The molecular formula is C11H10BrN3O2S2. The van der Waals surface area contributed by atoms with Crippen molar-refractivity contribution < 1.29 is 9.53 Å².